The summed E-state index contributed by atoms with van der Waals surface area (Å²) in [6, 6.07) is 7.40. The Labute approximate surface area is 181 Å². The molecule has 0 amide bonds. The Morgan fingerprint density at radius 2 is 1.83 bits per heavy atom. The molecule has 30 heavy (non-hydrogen) atoms. The summed E-state index contributed by atoms with van der Waals surface area (Å²) >= 11 is 0. The van der Waals surface area contributed by atoms with Crippen molar-refractivity contribution in [2.45, 2.75) is 46.6 Å². The van der Waals surface area contributed by atoms with Crippen LogP contribution in [0.1, 0.15) is 50.9 Å². The number of benzene rings is 1. The molecule has 0 aromatic heterocycles. The van der Waals surface area contributed by atoms with Crippen molar-refractivity contribution in [2.75, 3.05) is 51.3 Å². The van der Waals surface area contributed by atoms with Gasteiger partial charge in [0.1, 0.15) is 0 Å². The largest absolute Gasteiger partial charge is 0.478 e. The summed E-state index contributed by atoms with van der Waals surface area (Å²) in [5.41, 5.74) is 1.13. The summed E-state index contributed by atoms with van der Waals surface area (Å²) in [5.74, 6) is 0.639. The van der Waals surface area contributed by atoms with Gasteiger partial charge in [-0.25, -0.2) is 4.79 Å². The van der Waals surface area contributed by atoms with E-state index in [0.717, 1.165) is 50.9 Å². The third-order valence-corrected chi connectivity index (χ3v) is 5.35. The standard InChI is InChI=1S/C23H38N4O3/c1-5-30-16-6-11-24-23(25-21-9-7-20(8-10-21)22(28)29)27-14-12-26(13-15-27)19(4)17-18(2)3/h7-10,18-19H,5-6,11-17H2,1-4H3,(H,24,25)(H,28,29). The van der Waals surface area contributed by atoms with Crippen molar-refractivity contribution in [3.8, 4) is 0 Å². The lowest BCUT2D eigenvalue weighted by Crippen LogP contribution is -2.53. The second-order valence-corrected chi connectivity index (χ2v) is 8.26. The fraction of sp³-hybridized carbons (Fsp3) is 0.652. The highest BCUT2D eigenvalue weighted by Gasteiger charge is 2.23. The smallest absolute Gasteiger partial charge is 0.335 e. The molecular weight excluding hydrogens is 380 g/mol. The third-order valence-electron chi connectivity index (χ3n) is 5.35. The minimum Gasteiger partial charge on any atom is -0.478 e. The molecule has 2 N–H and O–H groups in total. The summed E-state index contributed by atoms with van der Waals surface area (Å²) in [4.78, 5) is 20.8. The van der Waals surface area contributed by atoms with Crippen molar-refractivity contribution >= 4 is 17.6 Å². The molecule has 1 unspecified atom stereocenters. The molecule has 0 aliphatic carbocycles. The molecule has 0 saturated carbocycles. The number of anilines is 1. The van der Waals surface area contributed by atoms with Crippen molar-refractivity contribution in [2.24, 2.45) is 10.9 Å². The van der Waals surface area contributed by atoms with Gasteiger partial charge in [-0.2, -0.15) is 0 Å². The van der Waals surface area contributed by atoms with Crippen LogP contribution in [0.5, 0.6) is 0 Å². The van der Waals surface area contributed by atoms with Crippen LogP contribution in [0.3, 0.4) is 0 Å². The minimum absolute atomic E-state index is 0.281. The first kappa shape index (κ1) is 24.2. The summed E-state index contributed by atoms with van der Waals surface area (Å²) in [7, 11) is 0. The number of carbonyl (C=O) groups is 1. The fourth-order valence-corrected chi connectivity index (χ4v) is 3.75. The van der Waals surface area contributed by atoms with Crippen molar-refractivity contribution in [3.63, 3.8) is 0 Å². The predicted octanol–water partition coefficient (Wildman–Crippen LogP) is 3.63. The van der Waals surface area contributed by atoms with Gasteiger partial charge < -0.3 is 20.1 Å². The van der Waals surface area contributed by atoms with Gasteiger partial charge in [0, 0.05) is 57.7 Å². The molecule has 0 radical (unpaired) electrons. The first-order valence-corrected chi connectivity index (χ1v) is 11.1. The van der Waals surface area contributed by atoms with Gasteiger partial charge in [-0.05, 0) is 56.9 Å². The molecule has 1 atom stereocenters. The summed E-state index contributed by atoms with van der Waals surface area (Å²) in [6.07, 6.45) is 2.09. The average molecular weight is 419 g/mol. The zero-order valence-electron chi connectivity index (χ0n) is 18.9. The Kier molecular flexibility index (Phi) is 10.1. The van der Waals surface area contributed by atoms with Gasteiger partial charge in [-0.3, -0.25) is 9.89 Å². The van der Waals surface area contributed by atoms with E-state index >= 15 is 0 Å². The Morgan fingerprint density at radius 3 is 2.40 bits per heavy atom. The Bertz CT molecular complexity index is 668. The molecule has 1 saturated heterocycles. The van der Waals surface area contributed by atoms with E-state index in [1.165, 1.54) is 6.42 Å². The van der Waals surface area contributed by atoms with Crippen molar-refractivity contribution < 1.29 is 14.6 Å². The van der Waals surface area contributed by atoms with Gasteiger partial charge in [-0.15, -0.1) is 0 Å². The Balaban J connectivity index is 2.01. The van der Waals surface area contributed by atoms with E-state index in [2.05, 4.69) is 35.9 Å². The van der Waals surface area contributed by atoms with E-state index in [4.69, 9.17) is 14.8 Å². The second kappa shape index (κ2) is 12.5. The quantitative estimate of drug-likeness (QED) is 0.343. The van der Waals surface area contributed by atoms with Gasteiger partial charge >= 0.3 is 5.97 Å². The van der Waals surface area contributed by atoms with E-state index in [1.807, 2.05) is 6.92 Å². The molecule has 168 valence electrons. The lowest BCUT2D eigenvalue weighted by Gasteiger charge is -2.40. The van der Waals surface area contributed by atoms with Crippen LogP contribution in [0.4, 0.5) is 5.69 Å². The van der Waals surface area contributed by atoms with Gasteiger partial charge in [-0.1, -0.05) is 13.8 Å². The monoisotopic (exact) mass is 418 g/mol. The van der Waals surface area contributed by atoms with E-state index in [0.29, 0.717) is 25.1 Å². The zero-order valence-corrected chi connectivity index (χ0v) is 18.9. The first-order valence-electron chi connectivity index (χ1n) is 11.1. The maximum atomic E-state index is 11.1. The number of guanidine groups is 1. The van der Waals surface area contributed by atoms with Gasteiger partial charge in [0.15, 0.2) is 5.96 Å². The molecule has 1 heterocycles. The maximum Gasteiger partial charge on any atom is 0.335 e. The predicted molar refractivity (Wildman–Crippen MR) is 122 cm³/mol. The molecule has 1 aliphatic rings. The molecule has 0 bridgehead atoms. The van der Waals surface area contributed by atoms with E-state index in [-0.39, 0.29) is 5.56 Å². The summed E-state index contributed by atoms with van der Waals surface area (Å²) < 4.78 is 5.42. The Morgan fingerprint density at radius 1 is 1.17 bits per heavy atom. The van der Waals surface area contributed by atoms with Gasteiger partial charge in [0.05, 0.1) is 5.56 Å². The third kappa shape index (κ3) is 7.95. The van der Waals surface area contributed by atoms with E-state index in [1.54, 1.807) is 24.3 Å². The SMILES string of the molecule is CCOCCCN=C(Nc1ccc(C(=O)O)cc1)N1CCN(C(C)CC(C)C)CC1. The minimum atomic E-state index is -0.919. The first-order chi connectivity index (χ1) is 14.4. The number of carboxylic acids is 1. The number of carboxylic acid groups (broad SMARTS) is 1. The zero-order chi connectivity index (χ0) is 21.9. The van der Waals surface area contributed by atoms with E-state index < -0.39 is 5.97 Å². The number of ether oxygens (including phenoxy) is 1. The fourth-order valence-electron chi connectivity index (χ4n) is 3.75. The number of nitrogens with one attached hydrogen (secondary N) is 1. The molecule has 7 nitrogen and oxygen atoms in total. The number of hydrogen-bond acceptors (Lipinski definition) is 4. The molecule has 2 rings (SSSR count). The van der Waals surface area contributed by atoms with Gasteiger partial charge in [0.25, 0.3) is 0 Å². The molecule has 1 fully saturated rings. The van der Waals surface area contributed by atoms with Crippen LogP contribution in [-0.4, -0.2) is 78.8 Å². The molecule has 1 aromatic rings. The van der Waals surface area contributed by atoms with E-state index in [9.17, 15) is 4.79 Å². The number of rotatable bonds is 10. The summed E-state index contributed by atoms with van der Waals surface area (Å²) in [6.45, 7) is 14.9. The van der Waals surface area contributed by atoms with Crippen LogP contribution < -0.4 is 5.32 Å². The number of piperazine rings is 1. The van der Waals surface area contributed by atoms with Crippen LogP contribution in [0.25, 0.3) is 0 Å². The van der Waals surface area contributed by atoms with Crippen LogP contribution in [0.2, 0.25) is 0 Å². The lowest BCUT2D eigenvalue weighted by atomic mass is 10.0. The van der Waals surface area contributed by atoms with Crippen molar-refractivity contribution in [3.05, 3.63) is 29.8 Å². The Hall–Kier alpha value is -2.12. The topological polar surface area (TPSA) is 77.4 Å². The average Bonchev–Trinajstić information content (AvgIpc) is 2.72. The van der Waals surface area contributed by atoms with Crippen LogP contribution >= 0.6 is 0 Å². The van der Waals surface area contributed by atoms with Crippen molar-refractivity contribution in [1.82, 2.24) is 9.80 Å². The highest BCUT2D eigenvalue weighted by Crippen LogP contribution is 2.16. The highest BCUT2D eigenvalue weighted by molar-refractivity contribution is 5.94. The molecule has 0 spiro atoms. The lowest BCUT2D eigenvalue weighted by molar-refractivity contribution is 0.0697. The molecule has 7 heteroatoms. The number of aliphatic imine (C=N–C) groups is 1. The number of hydrogen-bond donors (Lipinski definition) is 2. The normalized spacial score (nSPS) is 16.7. The molecule has 1 aromatic carbocycles. The van der Waals surface area contributed by atoms with Gasteiger partial charge in [0.2, 0.25) is 0 Å². The number of nitrogens with zero attached hydrogens (tertiary/aromatic N) is 3. The summed E-state index contributed by atoms with van der Waals surface area (Å²) in [5, 5.41) is 12.5. The van der Waals surface area contributed by atoms with Crippen LogP contribution in [-0.2, 0) is 4.74 Å². The second-order valence-electron chi connectivity index (χ2n) is 8.26. The van der Waals surface area contributed by atoms with Crippen molar-refractivity contribution in [1.29, 1.82) is 0 Å². The maximum absolute atomic E-state index is 11.1. The van der Waals surface area contributed by atoms with Crippen LogP contribution in [0.15, 0.2) is 29.3 Å². The van der Waals surface area contributed by atoms with Crippen LogP contribution in [0, 0.1) is 5.92 Å². The molecular formula is C23H38N4O3. The highest BCUT2D eigenvalue weighted by atomic mass is 16.5. The molecule has 1 aliphatic heterocycles. The number of aromatic carboxylic acids is 1.